The second-order valence-electron chi connectivity index (χ2n) is 7.03. The molecule has 2 N–H and O–H groups in total. The average molecular weight is 406 g/mol. The third kappa shape index (κ3) is 4.25. The highest BCUT2D eigenvalue weighted by atomic mass is 35.5. The third-order valence-electron chi connectivity index (χ3n) is 4.95. The summed E-state index contributed by atoms with van der Waals surface area (Å²) in [4.78, 5) is 27.4. The molecular weight excluding hydrogens is 386 g/mol. The van der Waals surface area contributed by atoms with Crippen molar-refractivity contribution in [2.75, 3.05) is 5.32 Å². The number of aromatic nitrogens is 2. The number of rotatable bonds is 5. The van der Waals surface area contributed by atoms with Gasteiger partial charge in [-0.1, -0.05) is 29.8 Å². The summed E-state index contributed by atoms with van der Waals surface area (Å²) in [5.74, 6) is -0.118. The van der Waals surface area contributed by atoms with Gasteiger partial charge in [-0.3, -0.25) is 9.59 Å². The Morgan fingerprint density at radius 2 is 1.83 bits per heavy atom. The number of halogens is 1. The largest absolute Gasteiger partial charge is 0.346 e. The molecule has 0 fully saturated rings. The van der Waals surface area contributed by atoms with Crippen LogP contribution in [0.3, 0.4) is 0 Å². The molecule has 0 radical (unpaired) electrons. The van der Waals surface area contributed by atoms with E-state index in [9.17, 15) is 9.59 Å². The molecule has 2 heterocycles. The van der Waals surface area contributed by atoms with Crippen molar-refractivity contribution in [3.8, 4) is 0 Å². The standard InChI is InChI=1S/C23H20ClN3O2/c1-15-12-22(28)26-20-13-18(8-9-19(15)20)25-23(29)14-21(27-10-2-3-11-27)16-4-6-17(24)7-5-16/h2-13,21H,14H2,1H3,(H,25,29)(H,26,28). The fourth-order valence-electron chi connectivity index (χ4n) is 3.54. The lowest BCUT2D eigenvalue weighted by Gasteiger charge is -2.19. The predicted octanol–water partition coefficient (Wildman–Crippen LogP) is 4.91. The number of nitrogens with zero attached hydrogens (tertiary/aromatic N) is 1. The van der Waals surface area contributed by atoms with Crippen LogP contribution < -0.4 is 10.9 Å². The van der Waals surface area contributed by atoms with E-state index in [0.29, 0.717) is 16.2 Å². The van der Waals surface area contributed by atoms with Crippen LogP contribution in [0.1, 0.15) is 23.6 Å². The summed E-state index contributed by atoms with van der Waals surface area (Å²) in [6, 6.07) is 18.3. The van der Waals surface area contributed by atoms with E-state index < -0.39 is 0 Å². The molecule has 2 aromatic carbocycles. The zero-order valence-corrected chi connectivity index (χ0v) is 16.6. The lowest BCUT2D eigenvalue weighted by atomic mass is 10.0. The minimum Gasteiger partial charge on any atom is -0.346 e. The smallest absolute Gasteiger partial charge is 0.248 e. The summed E-state index contributed by atoms with van der Waals surface area (Å²) in [6.07, 6.45) is 4.14. The fraction of sp³-hybridized carbons (Fsp3) is 0.130. The van der Waals surface area contributed by atoms with Crippen LogP contribution in [0, 0.1) is 6.92 Å². The van der Waals surface area contributed by atoms with Crippen LogP contribution in [0.15, 0.2) is 77.9 Å². The van der Waals surface area contributed by atoms with Gasteiger partial charge in [-0.2, -0.15) is 0 Å². The first-order chi connectivity index (χ1) is 14.0. The zero-order valence-electron chi connectivity index (χ0n) is 15.9. The Morgan fingerprint density at radius 3 is 2.55 bits per heavy atom. The second-order valence-corrected chi connectivity index (χ2v) is 7.46. The molecule has 1 amide bonds. The Labute approximate surface area is 173 Å². The van der Waals surface area contributed by atoms with Crippen LogP contribution in [-0.4, -0.2) is 15.5 Å². The van der Waals surface area contributed by atoms with Gasteiger partial charge in [-0.15, -0.1) is 0 Å². The molecule has 1 unspecified atom stereocenters. The summed E-state index contributed by atoms with van der Waals surface area (Å²) in [6.45, 7) is 1.89. The maximum absolute atomic E-state index is 12.8. The molecule has 0 aliphatic rings. The van der Waals surface area contributed by atoms with E-state index in [1.807, 2.05) is 72.4 Å². The summed E-state index contributed by atoms with van der Waals surface area (Å²) in [7, 11) is 0. The van der Waals surface area contributed by atoms with Gasteiger partial charge in [0.25, 0.3) is 0 Å². The lowest BCUT2D eigenvalue weighted by molar-refractivity contribution is -0.116. The SMILES string of the molecule is Cc1cc(=O)[nH]c2cc(NC(=O)CC(c3ccc(Cl)cc3)n3cccc3)ccc12. The lowest BCUT2D eigenvalue weighted by Crippen LogP contribution is -2.19. The Kier molecular flexibility index (Phi) is 5.23. The number of hydrogen-bond acceptors (Lipinski definition) is 2. The molecular formula is C23H20ClN3O2. The average Bonchev–Trinajstić information content (AvgIpc) is 3.21. The van der Waals surface area contributed by atoms with Crippen molar-refractivity contribution in [1.29, 1.82) is 0 Å². The third-order valence-corrected chi connectivity index (χ3v) is 5.21. The van der Waals surface area contributed by atoms with Gasteiger partial charge in [-0.25, -0.2) is 0 Å². The van der Waals surface area contributed by atoms with E-state index in [4.69, 9.17) is 11.6 Å². The molecule has 4 aromatic rings. The first kappa shape index (κ1) is 19.0. The topological polar surface area (TPSA) is 66.9 Å². The normalized spacial score (nSPS) is 12.1. The van der Waals surface area contributed by atoms with Gasteiger partial charge < -0.3 is 14.9 Å². The van der Waals surface area contributed by atoms with Gasteiger partial charge in [0.15, 0.2) is 0 Å². The maximum Gasteiger partial charge on any atom is 0.248 e. The molecule has 0 aliphatic carbocycles. The molecule has 146 valence electrons. The Hall–Kier alpha value is -3.31. The van der Waals surface area contributed by atoms with E-state index >= 15 is 0 Å². The van der Waals surface area contributed by atoms with Gasteiger partial charge in [0.1, 0.15) is 0 Å². The molecule has 0 saturated heterocycles. The summed E-state index contributed by atoms with van der Waals surface area (Å²) < 4.78 is 2.00. The first-order valence-electron chi connectivity index (χ1n) is 9.31. The fourth-order valence-corrected chi connectivity index (χ4v) is 3.66. The summed E-state index contributed by atoms with van der Waals surface area (Å²) in [5, 5.41) is 4.56. The van der Waals surface area contributed by atoms with Crippen molar-refractivity contribution in [1.82, 2.24) is 9.55 Å². The van der Waals surface area contributed by atoms with E-state index in [0.717, 1.165) is 16.5 Å². The minimum absolute atomic E-state index is 0.118. The van der Waals surface area contributed by atoms with Crippen molar-refractivity contribution >= 4 is 34.1 Å². The highest BCUT2D eigenvalue weighted by Crippen LogP contribution is 2.25. The van der Waals surface area contributed by atoms with E-state index in [-0.39, 0.29) is 23.9 Å². The summed E-state index contributed by atoms with van der Waals surface area (Å²) in [5.41, 5.74) is 3.09. The van der Waals surface area contributed by atoms with Gasteiger partial charge >= 0.3 is 0 Å². The first-order valence-corrected chi connectivity index (χ1v) is 9.69. The van der Waals surface area contributed by atoms with Crippen LogP contribution in [-0.2, 0) is 4.79 Å². The number of nitrogens with one attached hydrogen (secondary N) is 2. The monoisotopic (exact) mass is 405 g/mol. The van der Waals surface area contributed by atoms with Crippen LogP contribution in [0.5, 0.6) is 0 Å². The number of aromatic amines is 1. The number of anilines is 1. The van der Waals surface area contributed by atoms with Crippen molar-refractivity contribution < 1.29 is 4.79 Å². The Bertz CT molecular complexity index is 1210. The number of carbonyl (C=O) groups excluding carboxylic acids is 1. The molecule has 2 aromatic heterocycles. The van der Waals surface area contributed by atoms with E-state index in [1.54, 1.807) is 12.1 Å². The molecule has 1 atom stereocenters. The van der Waals surface area contributed by atoms with Crippen molar-refractivity contribution in [3.05, 3.63) is 99.6 Å². The van der Waals surface area contributed by atoms with Crippen molar-refractivity contribution in [2.24, 2.45) is 0 Å². The molecule has 29 heavy (non-hydrogen) atoms. The molecule has 6 heteroatoms. The van der Waals surface area contributed by atoms with Crippen LogP contribution >= 0.6 is 11.6 Å². The van der Waals surface area contributed by atoms with Crippen molar-refractivity contribution in [3.63, 3.8) is 0 Å². The molecule has 5 nitrogen and oxygen atoms in total. The second kappa shape index (κ2) is 7.97. The highest BCUT2D eigenvalue weighted by Gasteiger charge is 2.18. The quantitative estimate of drug-likeness (QED) is 0.495. The van der Waals surface area contributed by atoms with Gasteiger partial charge in [-0.05, 0) is 54.4 Å². The minimum atomic E-state index is -0.158. The molecule has 0 bridgehead atoms. The van der Waals surface area contributed by atoms with E-state index in [1.165, 1.54) is 0 Å². The summed E-state index contributed by atoms with van der Waals surface area (Å²) >= 11 is 6.01. The van der Waals surface area contributed by atoms with Crippen LogP contribution in [0.2, 0.25) is 5.02 Å². The number of aryl methyl sites for hydroxylation is 1. The predicted molar refractivity (Wildman–Crippen MR) is 117 cm³/mol. The number of hydrogen-bond donors (Lipinski definition) is 2. The number of benzene rings is 2. The number of pyridine rings is 1. The Balaban J connectivity index is 1.57. The maximum atomic E-state index is 12.8. The van der Waals surface area contributed by atoms with Crippen LogP contribution in [0.25, 0.3) is 10.9 Å². The van der Waals surface area contributed by atoms with Gasteiger partial charge in [0.05, 0.1) is 18.0 Å². The van der Waals surface area contributed by atoms with Gasteiger partial charge in [0.2, 0.25) is 11.5 Å². The molecule has 0 spiro atoms. The molecule has 0 aliphatic heterocycles. The van der Waals surface area contributed by atoms with Crippen molar-refractivity contribution in [2.45, 2.75) is 19.4 Å². The molecule has 4 rings (SSSR count). The number of H-pyrrole nitrogens is 1. The number of fused-ring (bicyclic) bond motifs is 1. The zero-order chi connectivity index (χ0) is 20.4. The van der Waals surface area contributed by atoms with Gasteiger partial charge in [0, 0.05) is 34.6 Å². The molecule has 0 saturated carbocycles. The number of amides is 1. The van der Waals surface area contributed by atoms with E-state index in [2.05, 4.69) is 10.3 Å². The van der Waals surface area contributed by atoms with Crippen LogP contribution in [0.4, 0.5) is 5.69 Å². The highest BCUT2D eigenvalue weighted by molar-refractivity contribution is 6.30. The Morgan fingerprint density at radius 1 is 1.10 bits per heavy atom. The number of carbonyl (C=O) groups is 1.